The van der Waals surface area contributed by atoms with Gasteiger partial charge in [-0.15, -0.1) is 11.3 Å². The predicted molar refractivity (Wildman–Crippen MR) is 108 cm³/mol. The molecule has 1 amide bonds. The van der Waals surface area contributed by atoms with Gasteiger partial charge < -0.3 is 10.1 Å². The zero-order chi connectivity index (χ0) is 20.1. The van der Waals surface area contributed by atoms with Crippen LogP contribution in [0.4, 0.5) is 11.4 Å². The maximum absolute atomic E-state index is 12.2. The number of carbonyl (C=O) groups is 1. The van der Waals surface area contributed by atoms with E-state index in [4.69, 9.17) is 4.74 Å². The number of nitrogens with zero attached hydrogens (tertiary/aromatic N) is 2. The molecule has 0 fully saturated rings. The molecule has 0 aliphatic heterocycles. The number of nitrogens with one attached hydrogen (secondary N) is 1. The molecule has 3 rings (SSSR count). The van der Waals surface area contributed by atoms with Crippen LogP contribution in [0.25, 0.3) is 0 Å². The van der Waals surface area contributed by atoms with Crippen molar-refractivity contribution in [2.45, 2.75) is 26.9 Å². The number of aryl methyl sites for hydroxylation is 2. The molecule has 2 aromatic carbocycles. The Morgan fingerprint density at radius 3 is 2.61 bits per heavy atom. The SMILES string of the molecule is Cc1ccc(NC(=O)Cc2nc(COc3cc(C)ccc3[N+](=O)[O-])cs2)cc1. The van der Waals surface area contributed by atoms with Crippen molar-refractivity contribution in [3.8, 4) is 5.75 Å². The normalized spacial score (nSPS) is 10.5. The van der Waals surface area contributed by atoms with Crippen LogP contribution in [0.3, 0.4) is 0 Å². The van der Waals surface area contributed by atoms with Gasteiger partial charge in [0.25, 0.3) is 0 Å². The van der Waals surface area contributed by atoms with Crippen molar-refractivity contribution in [2.24, 2.45) is 0 Å². The molecule has 0 aliphatic carbocycles. The summed E-state index contributed by atoms with van der Waals surface area (Å²) in [6, 6.07) is 12.3. The molecular formula is C20H19N3O4S. The lowest BCUT2D eigenvalue weighted by atomic mass is 10.2. The summed E-state index contributed by atoms with van der Waals surface area (Å²) in [5.74, 6) is 0.0525. The summed E-state index contributed by atoms with van der Waals surface area (Å²) in [7, 11) is 0. The van der Waals surface area contributed by atoms with E-state index in [1.165, 1.54) is 17.4 Å². The van der Waals surface area contributed by atoms with E-state index in [1.54, 1.807) is 17.5 Å². The van der Waals surface area contributed by atoms with Gasteiger partial charge in [-0.2, -0.15) is 0 Å². The van der Waals surface area contributed by atoms with E-state index in [-0.39, 0.29) is 30.4 Å². The second kappa shape index (κ2) is 8.62. The van der Waals surface area contributed by atoms with E-state index < -0.39 is 4.92 Å². The average Bonchev–Trinajstić information content (AvgIpc) is 3.09. The highest BCUT2D eigenvalue weighted by atomic mass is 32.1. The summed E-state index contributed by atoms with van der Waals surface area (Å²) in [5.41, 5.74) is 3.27. The minimum absolute atomic E-state index is 0.0847. The van der Waals surface area contributed by atoms with Crippen molar-refractivity contribution in [3.05, 3.63) is 79.8 Å². The van der Waals surface area contributed by atoms with E-state index in [9.17, 15) is 14.9 Å². The third-order valence-electron chi connectivity index (χ3n) is 3.93. The number of nitro groups is 1. The number of thiazole rings is 1. The molecule has 7 nitrogen and oxygen atoms in total. The van der Waals surface area contributed by atoms with E-state index in [0.29, 0.717) is 10.7 Å². The maximum atomic E-state index is 12.2. The highest BCUT2D eigenvalue weighted by molar-refractivity contribution is 7.09. The standard InChI is InChI=1S/C20H19N3O4S/c1-13-3-6-15(7-4-13)21-19(24)10-20-22-16(12-28-20)11-27-18-9-14(2)5-8-17(18)23(25)26/h3-9,12H,10-11H2,1-2H3,(H,21,24). The van der Waals surface area contributed by atoms with Crippen LogP contribution < -0.4 is 10.1 Å². The Morgan fingerprint density at radius 2 is 1.89 bits per heavy atom. The Morgan fingerprint density at radius 1 is 1.18 bits per heavy atom. The van der Waals surface area contributed by atoms with Crippen LogP contribution in [0.5, 0.6) is 5.75 Å². The predicted octanol–water partition coefficient (Wildman–Crippen LogP) is 4.43. The molecule has 1 N–H and O–H groups in total. The largest absolute Gasteiger partial charge is 0.480 e. The zero-order valence-electron chi connectivity index (χ0n) is 15.5. The Balaban J connectivity index is 1.58. The molecule has 0 aliphatic rings. The molecule has 28 heavy (non-hydrogen) atoms. The Labute approximate surface area is 166 Å². The van der Waals surface area contributed by atoms with E-state index in [0.717, 1.165) is 16.8 Å². The second-order valence-corrected chi connectivity index (χ2v) is 7.28. The van der Waals surface area contributed by atoms with Crippen molar-refractivity contribution in [3.63, 3.8) is 0 Å². The zero-order valence-corrected chi connectivity index (χ0v) is 16.3. The molecule has 1 aromatic heterocycles. The number of nitro benzene ring substituents is 1. The van der Waals surface area contributed by atoms with E-state index in [2.05, 4.69) is 10.3 Å². The number of aromatic nitrogens is 1. The number of hydrogen-bond donors (Lipinski definition) is 1. The number of amides is 1. The first-order chi connectivity index (χ1) is 13.4. The summed E-state index contributed by atoms with van der Waals surface area (Å²) in [6.07, 6.45) is 0.156. The summed E-state index contributed by atoms with van der Waals surface area (Å²) < 4.78 is 5.59. The summed E-state index contributed by atoms with van der Waals surface area (Å²) >= 11 is 1.35. The number of anilines is 1. The highest BCUT2D eigenvalue weighted by Gasteiger charge is 2.16. The van der Waals surface area contributed by atoms with Crippen molar-refractivity contribution < 1.29 is 14.5 Å². The molecule has 3 aromatic rings. The summed E-state index contributed by atoms with van der Waals surface area (Å²) in [4.78, 5) is 27.2. The van der Waals surface area contributed by atoms with Crippen molar-refractivity contribution in [1.29, 1.82) is 0 Å². The lowest BCUT2D eigenvalue weighted by Gasteiger charge is -2.06. The lowest BCUT2D eigenvalue weighted by Crippen LogP contribution is -2.14. The molecule has 1 heterocycles. The van der Waals surface area contributed by atoms with Gasteiger partial charge in [-0.1, -0.05) is 23.8 Å². The number of rotatable bonds is 7. The summed E-state index contributed by atoms with van der Waals surface area (Å²) in [6.45, 7) is 3.92. The number of ether oxygens (including phenoxy) is 1. The van der Waals surface area contributed by atoms with Gasteiger partial charge in [-0.05, 0) is 37.6 Å². The topological polar surface area (TPSA) is 94.4 Å². The highest BCUT2D eigenvalue weighted by Crippen LogP contribution is 2.28. The quantitative estimate of drug-likeness (QED) is 0.470. The van der Waals surface area contributed by atoms with Crippen LogP contribution in [0.15, 0.2) is 47.8 Å². The lowest BCUT2D eigenvalue weighted by molar-refractivity contribution is -0.386. The van der Waals surface area contributed by atoms with Crippen LogP contribution in [0, 0.1) is 24.0 Å². The molecule has 0 unspecified atom stereocenters. The average molecular weight is 397 g/mol. The van der Waals surface area contributed by atoms with Crippen LogP contribution in [0.2, 0.25) is 0 Å². The maximum Gasteiger partial charge on any atom is 0.310 e. The van der Waals surface area contributed by atoms with Crippen molar-refractivity contribution >= 4 is 28.6 Å². The minimum Gasteiger partial charge on any atom is -0.480 e. The molecule has 144 valence electrons. The van der Waals surface area contributed by atoms with Crippen molar-refractivity contribution in [2.75, 3.05) is 5.32 Å². The first-order valence-corrected chi connectivity index (χ1v) is 9.46. The van der Waals surface area contributed by atoms with Gasteiger partial charge in [0.05, 0.1) is 17.0 Å². The van der Waals surface area contributed by atoms with Gasteiger partial charge >= 0.3 is 5.69 Å². The Hall–Kier alpha value is -3.26. The fraction of sp³-hybridized carbons (Fsp3) is 0.200. The van der Waals surface area contributed by atoms with Gasteiger partial charge in [-0.3, -0.25) is 14.9 Å². The van der Waals surface area contributed by atoms with Gasteiger partial charge in [0, 0.05) is 17.1 Å². The van der Waals surface area contributed by atoms with Crippen molar-refractivity contribution in [1.82, 2.24) is 4.98 Å². The van der Waals surface area contributed by atoms with Gasteiger partial charge in [0.1, 0.15) is 11.6 Å². The number of carbonyl (C=O) groups excluding carboxylic acids is 1. The van der Waals surface area contributed by atoms with Crippen LogP contribution in [0.1, 0.15) is 21.8 Å². The van der Waals surface area contributed by atoms with Gasteiger partial charge in [0.15, 0.2) is 5.75 Å². The van der Waals surface area contributed by atoms with Gasteiger partial charge in [0.2, 0.25) is 5.91 Å². The third-order valence-corrected chi connectivity index (χ3v) is 4.83. The smallest absolute Gasteiger partial charge is 0.310 e. The fourth-order valence-electron chi connectivity index (χ4n) is 2.52. The second-order valence-electron chi connectivity index (χ2n) is 6.34. The first kappa shape index (κ1) is 19.5. The molecule has 0 bridgehead atoms. The molecular weight excluding hydrogens is 378 g/mol. The molecule has 0 saturated heterocycles. The third kappa shape index (κ3) is 5.14. The summed E-state index contributed by atoms with van der Waals surface area (Å²) in [5, 5.41) is 16.4. The first-order valence-electron chi connectivity index (χ1n) is 8.58. The number of benzene rings is 2. The number of hydrogen-bond acceptors (Lipinski definition) is 6. The molecule has 0 saturated carbocycles. The Kier molecular flexibility index (Phi) is 6.00. The Bertz CT molecular complexity index is 999. The van der Waals surface area contributed by atoms with Crippen LogP contribution in [-0.4, -0.2) is 15.8 Å². The van der Waals surface area contributed by atoms with E-state index >= 15 is 0 Å². The van der Waals surface area contributed by atoms with Crippen LogP contribution in [-0.2, 0) is 17.8 Å². The monoisotopic (exact) mass is 397 g/mol. The molecule has 0 spiro atoms. The van der Waals surface area contributed by atoms with Gasteiger partial charge in [-0.25, -0.2) is 4.98 Å². The molecule has 0 radical (unpaired) electrons. The fourth-order valence-corrected chi connectivity index (χ4v) is 3.29. The molecule has 8 heteroatoms. The van der Waals surface area contributed by atoms with E-state index in [1.807, 2.05) is 38.1 Å². The molecule has 0 atom stereocenters. The minimum atomic E-state index is -0.476. The van der Waals surface area contributed by atoms with Crippen LogP contribution >= 0.6 is 11.3 Å².